The van der Waals surface area contributed by atoms with Crippen molar-refractivity contribution in [2.75, 3.05) is 10.6 Å². The molecule has 3 N–H and O–H groups in total. The molecule has 146 valence electrons. The van der Waals surface area contributed by atoms with E-state index in [1.165, 1.54) is 30.7 Å². The van der Waals surface area contributed by atoms with E-state index in [2.05, 4.69) is 30.8 Å². The van der Waals surface area contributed by atoms with Gasteiger partial charge in [0, 0.05) is 36.4 Å². The van der Waals surface area contributed by atoms with E-state index in [-0.39, 0.29) is 17.3 Å². The summed E-state index contributed by atoms with van der Waals surface area (Å²) >= 11 is 6.07. The summed E-state index contributed by atoms with van der Waals surface area (Å²) in [4.78, 5) is 18.8. The quantitative estimate of drug-likeness (QED) is 0.446. The number of carbonyl (C=O) groups excluding carboxylic acids is 1. The maximum Gasteiger partial charge on any atom is 0.324 e. The Bertz CT molecular complexity index is 1180. The number of aromatic nitrogens is 4. The normalized spacial score (nSPS) is 10.7. The number of aromatic amines is 1. The number of carbonyl (C=O) groups is 1. The predicted octanol–water partition coefficient (Wildman–Crippen LogP) is 4.72. The molecule has 0 bridgehead atoms. The average molecular weight is 417 g/mol. The molecule has 29 heavy (non-hydrogen) atoms. The second-order valence-electron chi connectivity index (χ2n) is 5.73. The van der Waals surface area contributed by atoms with Gasteiger partial charge in [-0.3, -0.25) is 5.32 Å². The van der Waals surface area contributed by atoms with Crippen LogP contribution < -0.4 is 15.4 Å². The van der Waals surface area contributed by atoms with Gasteiger partial charge in [0.1, 0.15) is 11.4 Å². The minimum Gasteiger partial charge on any atom is -0.450 e. The van der Waals surface area contributed by atoms with Crippen molar-refractivity contribution in [2.24, 2.45) is 0 Å². The van der Waals surface area contributed by atoms with E-state index in [4.69, 9.17) is 16.3 Å². The summed E-state index contributed by atoms with van der Waals surface area (Å²) in [6.07, 6.45) is 4.33. The number of nitrogens with one attached hydrogen (secondary N) is 3. The first kappa shape index (κ1) is 18.6. The molecule has 2 amide bonds. The van der Waals surface area contributed by atoms with Crippen LogP contribution in [0.25, 0.3) is 11.0 Å². The zero-order chi connectivity index (χ0) is 20.4. The molecule has 11 heteroatoms. The van der Waals surface area contributed by atoms with E-state index >= 15 is 0 Å². The van der Waals surface area contributed by atoms with Crippen molar-refractivity contribution in [3.05, 3.63) is 65.6 Å². The molecule has 0 aliphatic carbocycles. The SMILES string of the molecule is O=C(Nc1cc(F)c(Oc2ccnc3[nH]cc(Cl)c23)c(F)c1)Nc1cccnn1. The lowest BCUT2D eigenvalue weighted by Crippen LogP contribution is -2.20. The molecule has 3 heterocycles. The molecule has 4 rings (SSSR count). The van der Waals surface area contributed by atoms with Crippen LogP contribution >= 0.6 is 11.6 Å². The Morgan fingerprint density at radius 2 is 1.93 bits per heavy atom. The minimum atomic E-state index is -1.02. The number of halogens is 3. The zero-order valence-electron chi connectivity index (χ0n) is 14.4. The lowest BCUT2D eigenvalue weighted by atomic mass is 10.2. The third-order valence-electron chi connectivity index (χ3n) is 3.77. The van der Waals surface area contributed by atoms with Crippen LogP contribution in [-0.2, 0) is 0 Å². The Balaban J connectivity index is 1.55. The number of hydrogen-bond acceptors (Lipinski definition) is 5. The molecule has 8 nitrogen and oxygen atoms in total. The lowest BCUT2D eigenvalue weighted by molar-refractivity contribution is 0.262. The molecule has 0 spiro atoms. The Labute approximate surface area is 166 Å². The second kappa shape index (κ2) is 7.68. The summed E-state index contributed by atoms with van der Waals surface area (Å²) in [5, 5.41) is 12.7. The largest absolute Gasteiger partial charge is 0.450 e. The summed E-state index contributed by atoms with van der Waals surface area (Å²) in [7, 11) is 0. The van der Waals surface area contributed by atoms with Crippen LogP contribution in [0, 0.1) is 11.6 Å². The van der Waals surface area contributed by atoms with Crippen molar-refractivity contribution in [3.8, 4) is 11.5 Å². The predicted molar refractivity (Wildman–Crippen MR) is 102 cm³/mol. The Morgan fingerprint density at radius 3 is 2.66 bits per heavy atom. The van der Waals surface area contributed by atoms with Gasteiger partial charge < -0.3 is 15.0 Å². The monoisotopic (exact) mass is 416 g/mol. The highest BCUT2D eigenvalue weighted by atomic mass is 35.5. The van der Waals surface area contributed by atoms with Gasteiger partial charge in [-0.15, -0.1) is 5.10 Å². The van der Waals surface area contributed by atoms with Gasteiger partial charge in [0.05, 0.1) is 10.4 Å². The topological polar surface area (TPSA) is 105 Å². The van der Waals surface area contributed by atoms with E-state index in [1.54, 1.807) is 6.07 Å². The number of anilines is 2. The van der Waals surface area contributed by atoms with Crippen molar-refractivity contribution >= 4 is 40.2 Å². The van der Waals surface area contributed by atoms with Gasteiger partial charge in [0.15, 0.2) is 23.2 Å². The summed E-state index contributed by atoms with van der Waals surface area (Å²) in [6.45, 7) is 0. The smallest absolute Gasteiger partial charge is 0.324 e. The van der Waals surface area contributed by atoms with Crippen molar-refractivity contribution in [1.82, 2.24) is 20.2 Å². The number of rotatable bonds is 4. The van der Waals surface area contributed by atoms with E-state index in [0.29, 0.717) is 16.1 Å². The van der Waals surface area contributed by atoms with Gasteiger partial charge in [-0.2, -0.15) is 5.10 Å². The first-order chi connectivity index (χ1) is 14.0. The number of amides is 2. The molecule has 0 aliphatic rings. The lowest BCUT2D eigenvalue weighted by Gasteiger charge is -2.12. The van der Waals surface area contributed by atoms with Crippen LogP contribution in [0.3, 0.4) is 0 Å². The van der Waals surface area contributed by atoms with E-state index in [9.17, 15) is 13.6 Å². The first-order valence-corrected chi connectivity index (χ1v) is 8.53. The first-order valence-electron chi connectivity index (χ1n) is 8.15. The van der Waals surface area contributed by atoms with E-state index in [0.717, 1.165) is 12.1 Å². The van der Waals surface area contributed by atoms with E-state index in [1.807, 2.05) is 0 Å². The molecule has 1 aromatic carbocycles. The molecule has 0 fully saturated rings. The standard InChI is InChI=1S/C18H11ClF2N6O2/c19-10-8-23-17-15(10)13(3-5-22-17)29-16-11(20)6-9(7-12(16)21)25-18(28)26-14-2-1-4-24-27-14/h1-8H,(H,22,23)(H2,25,26,27,28). The number of nitrogens with zero attached hydrogens (tertiary/aromatic N) is 3. The van der Waals surface area contributed by atoms with E-state index < -0.39 is 23.4 Å². The molecule has 4 aromatic rings. The van der Waals surface area contributed by atoms with Crippen LogP contribution in [0.15, 0.2) is 48.9 Å². The highest BCUT2D eigenvalue weighted by Crippen LogP contribution is 2.36. The molecule has 3 aromatic heterocycles. The van der Waals surface area contributed by atoms with Gasteiger partial charge in [-0.1, -0.05) is 11.6 Å². The van der Waals surface area contributed by atoms with Gasteiger partial charge in [-0.05, 0) is 18.2 Å². The van der Waals surface area contributed by atoms with Gasteiger partial charge in [0.25, 0.3) is 0 Å². The van der Waals surface area contributed by atoms with Crippen LogP contribution in [0.1, 0.15) is 0 Å². The fourth-order valence-corrected chi connectivity index (χ4v) is 2.80. The van der Waals surface area contributed by atoms with Crippen LogP contribution in [-0.4, -0.2) is 26.2 Å². The van der Waals surface area contributed by atoms with Gasteiger partial charge in [0.2, 0.25) is 0 Å². The molecular weight excluding hydrogens is 406 g/mol. The Morgan fingerprint density at radius 1 is 1.14 bits per heavy atom. The molecule has 0 saturated carbocycles. The molecule has 0 radical (unpaired) electrons. The second-order valence-corrected chi connectivity index (χ2v) is 6.14. The molecule has 0 atom stereocenters. The highest BCUT2D eigenvalue weighted by molar-refractivity contribution is 6.36. The Kier molecular flexibility index (Phi) is 4.92. The Hall–Kier alpha value is -3.79. The van der Waals surface area contributed by atoms with Crippen molar-refractivity contribution in [2.45, 2.75) is 0 Å². The summed E-state index contributed by atoms with van der Waals surface area (Å²) in [6, 6.07) is 5.61. The number of ether oxygens (including phenoxy) is 1. The van der Waals surface area contributed by atoms with Gasteiger partial charge >= 0.3 is 6.03 Å². The summed E-state index contributed by atoms with van der Waals surface area (Å²) in [5.41, 5.74) is 0.292. The number of hydrogen-bond donors (Lipinski definition) is 3. The number of pyridine rings is 1. The maximum absolute atomic E-state index is 14.5. The third kappa shape index (κ3) is 3.92. The number of urea groups is 1. The van der Waals surface area contributed by atoms with Crippen LogP contribution in [0.2, 0.25) is 5.02 Å². The van der Waals surface area contributed by atoms with Crippen molar-refractivity contribution in [1.29, 1.82) is 0 Å². The fraction of sp³-hybridized carbons (Fsp3) is 0. The maximum atomic E-state index is 14.5. The van der Waals surface area contributed by atoms with Crippen LogP contribution in [0.4, 0.5) is 25.1 Å². The molecular formula is C18H11ClF2N6O2. The number of fused-ring (bicyclic) bond motifs is 1. The van der Waals surface area contributed by atoms with Crippen LogP contribution in [0.5, 0.6) is 11.5 Å². The molecule has 0 aliphatic heterocycles. The highest BCUT2D eigenvalue weighted by Gasteiger charge is 2.18. The summed E-state index contributed by atoms with van der Waals surface area (Å²) < 4.78 is 34.4. The van der Waals surface area contributed by atoms with Crippen molar-refractivity contribution in [3.63, 3.8) is 0 Å². The fourth-order valence-electron chi connectivity index (χ4n) is 2.56. The molecule has 0 saturated heterocycles. The summed E-state index contributed by atoms with van der Waals surface area (Å²) in [5.74, 6) is -2.38. The van der Waals surface area contributed by atoms with Crippen molar-refractivity contribution < 1.29 is 18.3 Å². The molecule has 0 unspecified atom stereocenters. The number of benzene rings is 1. The third-order valence-corrected chi connectivity index (χ3v) is 4.07. The minimum absolute atomic E-state index is 0.117. The average Bonchev–Trinajstić information content (AvgIpc) is 3.07. The van der Waals surface area contributed by atoms with Gasteiger partial charge in [-0.25, -0.2) is 18.6 Å². The number of H-pyrrole nitrogens is 1. The zero-order valence-corrected chi connectivity index (χ0v) is 15.2.